The minimum absolute atomic E-state index is 0.118. The zero-order chi connectivity index (χ0) is 31.2. The Kier molecular flexibility index (Phi) is 24.7. The zero-order valence-corrected chi connectivity index (χ0v) is 31.0. The third kappa shape index (κ3) is 26.4. The van der Waals surface area contributed by atoms with E-state index in [-0.39, 0.29) is 11.9 Å². The minimum atomic E-state index is -0.119. The van der Waals surface area contributed by atoms with Crippen molar-refractivity contribution in [3.63, 3.8) is 0 Å². The largest absolute Gasteiger partial charge is 0.465 e. The van der Waals surface area contributed by atoms with E-state index in [4.69, 9.17) is 9.47 Å². The fourth-order valence-corrected chi connectivity index (χ4v) is 9.47. The number of hydrogen-bond donors (Lipinski definition) is 0. The van der Waals surface area contributed by atoms with Crippen molar-refractivity contribution < 1.29 is 19.1 Å². The molecule has 0 fully saturated rings. The number of hydrogen-bond acceptors (Lipinski definition) is 10. The number of esters is 2. The number of carbonyl (C=O) groups is 2. The molecule has 0 rings (SSSR count). The highest BCUT2D eigenvalue weighted by atomic mass is 33.1. The molecule has 0 radical (unpaired) electrons. The van der Waals surface area contributed by atoms with Crippen LogP contribution in [0.3, 0.4) is 0 Å². The molecule has 1 atom stereocenters. The van der Waals surface area contributed by atoms with E-state index in [2.05, 4.69) is 58.3 Å². The van der Waals surface area contributed by atoms with E-state index >= 15 is 0 Å². The third-order valence-electron chi connectivity index (χ3n) is 6.93. The molecule has 0 aliphatic heterocycles. The van der Waals surface area contributed by atoms with Gasteiger partial charge in [-0.25, -0.2) is 0 Å². The number of rotatable bonds is 27. The van der Waals surface area contributed by atoms with Crippen molar-refractivity contribution in [2.75, 3.05) is 76.5 Å². The van der Waals surface area contributed by atoms with Crippen molar-refractivity contribution in [3.8, 4) is 0 Å². The summed E-state index contributed by atoms with van der Waals surface area (Å²) in [5, 5.41) is 0. The van der Waals surface area contributed by atoms with Gasteiger partial charge in [0.05, 0.1) is 12.8 Å². The van der Waals surface area contributed by atoms with Gasteiger partial charge >= 0.3 is 11.9 Å². The van der Waals surface area contributed by atoms with Gasteiger partial charge in [-0.1, -0.05) is 104 Å². The van der Waals surface area contributed by atoms with Crippen molar-refractivity contribution in [3.05, 3.63) is 0 Å². The van der Waals surface area contributed by atoms with Gasteiger partial charge in [0.25, 0.3) is 0 Å². The highest BCUT2D eigenvalue weighted by Gasteiger charge is 2.20. The number of nitrogens with zero attached hydrogens (tertiary/aromatic N) is 2. The van der Waals surface area contributed by atoms with Crippen molar-refractivity contribution in [2.45, 2.75) is 93.4 Å². The van der Waals surface area contributed by atoms with Crippen molar-refractivity contribution in [1.82, 2.24) is 9.80 Å². The topological polar surface area (TPSA) is 59.1 Å². The van der Waals surface area contributed by atoms with Crippen LogP contribution in [0, 0.1) is 16.7 Å². The van der Waals surface area contributed by atoms with Crippen LogP contribution in [0.15, 0.2) is 0 Å². The van der Waals surface area contributed by atoms with Gasteiger partial charge in [0.2, 0.25) is 0 Å². The van der Waals surface area contributed by atoms with Gasteiger partial charge in [-0.3, -0.25) is 9.59 Å². The lowest BCUT2D eigenvalue weighted by atomic mass is 9.84. The lowest BCUT2D eigenvalue weighted by Gasteiger charge is -2.27. The lowest BCUT2D eigenvalue weighted by Crippen LogP contribution is -2.29. The van der Waals surface area contributed by atoms with Crippen molar-refractivity contribution in [1.29, 1.82) is 0 Å². The summed E-state index contributed by atoms with van der Waals surface area (Å²) in [7, 11) is 11.5. The molecule has 10 heteroatoms. The van der Waals surface area contributed by atoms with E-state index in [1.54, 1.807) is 21.6 Å². The molecule has 0 heterocycles. The van der Waals surface area contributed by atoms with E-state index in [0.29, 0.717) is 50.0 Å². The lowest BCUT2D eigenvalue weighted by molar-refractivity contribution is -0.144. The molecular formula is C31H62N2O4S4. The van der Waals surface area contributed by atoms with Crippen LogP contribution < -0.4 is 0 Å². The molecule has 0 aromatic rings. The first kappa shape index (κ1) is 41.3. The van der Waals surface area contributed by atoms with Crippen LogP contribution in [0.5, 0.6) is 0 Å². The van der Waals surface area contributed by atoms with Gasteiger partial charge in [-0.2, -0.15) is 0 Å². The van der Waals surface area contributed by atoms with Crippen LogP contribution in [0.4, 0.5) is 0 Å². The summed E-state index contributed by atoms with van der Waals surface area (Å²) in [5.74, 6) is 4.45. The predicted molar refractivity (Wildman–Crippen MR) is 187 cm³/mol. The maximum absolute atomic E-state index is 12.1. The molecule has 6 nitrogen and oxygen atoms in total. The van der Waals surface area contributed by atoms with E-state index in [9.17, 15) is 9.59 Å². The highest BCUT2D eigenvalue weighted by Crippen LogP contribution is 2.35. The maximum atomic E-state index is 12.1. The maximum Gasteiger partial charge on any atom is 0.307 e. The normalized spacial score (nSPS) is 13.1. The standard InChI is InChI=1S/C31H62N2O4S4/c1-10-15-30(4,5)25-40-38-22-20-36-28(34)13-18-32(8)16-12-17-33(9)19-14-29(35)37-21-23-39-41-26-31(6,7)24-27(3)11-2/h27H,10-26H2,1-9H3. The van der Waals surface area contributed by atoms with Crippen LogP contribution in [0.2, 0.25) is 0 Å². The predicted octanol–water partition coefficient (Wildman–Crippen LogP) is 8.16. The summed E-state index contributed by atoms with van der Waals surface area (Å²) in [6.07, 6.45) is 6.78. The second-order valence-corrected chi connectivity index (χ2v) is 18.0. The van der Waals surface area contributed by atoms with Gasteiger partial charge in [-0.05, 0) is 63.2 Å². The quantitative estimate of drug-likeness (QED) is 0.0493. The second kappa shape index (κ2) is 24.6. The zero-order valence-electron chi connectivity index (χ0n) is 27.8. The fourth-order valence-electron chi connectivity index (χ4n) is 4.34. The molecule has 0 amide bonds. The van der Waals surface area contributed by atoms with E-state index in [1.807, 2.05) is 35.7 Å². The molecule has 0 saturated heterocycles. The Balaban J connectivity index is 3.73. The van der Waals surface area contributed by atoms with E-state index in [0.717, 1.165) is 48.4 Å². The Bertz CT molecular complexity index is 683. The highest BCUT2D eigenvalue weighted by molar-refractivity contribution is 8.77. The van der Waals surface area contributed by atoms with E-state index < -0.39 is 0 Å². The molecule has 0 saturated carbocycles. The van der Waals surface area contributed by atoms with Crippen molar-refractivity contribution >= 4 is 55.1 Å². The molecule has 0 aromatic carbocycles. The van der Waals surface area contributed by atoms with Crippen LogP contribution >= 0.6 is 43.2 Å². The molecule has 0 N–H and O–H groups in total. The smallest absolute Gasteiger partial charge is 0.307 e. The second-order valence-electron chi connectivity index (χ2n) is 12.9. The van der Waals surface area contributed by atoms with Crippen molar-refractivity contribution in [2.24, 2.45) is 16.7 Å². The molecule has 0 aromatic heterocycles. The molecular weight excluding hydrogens is 593 g/mol. The fraction of sp³-hybridized carbons (Fsp3) is 0.935. The molecule has 41 heavy (non-hydrogen) atoms. The van der Waals surface area contributed by atoms with Gasteiger partial charge in [0, 0.05) is 36.1 Å². The number of carbonyl (C=O) groups excluding carboxylic acids is 2. The SMILES string of the molecule is CCCC(C)(C)CSSCCOC(=O)CCN(C)CCCN(C)CCC(=O)OCCSSCC(C)(C)CC(C)CC. The van der Waals surface area contributed by atoms with Crippen LogP contribution in [-0.4, -0.2) is 98.2 Å². The first-order chi connectivity index (χ1) is 19.3. The van der Waals surface area contributed by atoms with E-state index in [1.165, 1.54) is 25.7 Å². The molecule has 1 unspecified atom stereocenters. The summed E-state index contributed by atoms with van der Waals surface area (Å²) >= 11 is 0. The molecule has 0 bridgehead atoms. The average molecular weight is 655 g/mol. The first-order valence-electron chi connectivity index (χ1n) is 15.5. The monoisotopic (exact) mass is 654 g/mol. The Labute approximate surface area is 269 Å². The third-order valence-corrected chi connectivity index (χ3v) is 12.4. The number of ether oxygens (including phenoxy) is 2. The first-order valence-corrected chi connectivity index (χ1v) is 20.4. The Morgan fingerprint density at radius 3 is 1.63 bits per heavy atom. The summed E-state index contributed by atoms with van der Waals surface area (Å²) in [5.41, 5.74) is 0.718. The Morgan fingerprint density at radius 2 is 1.20 bits per heavy atom. The average Bonchev–Trinajstić information content (AvgIpc) is 2.89. The van der Waals surface area contributed by atoms with Crippen LogP contribution in [0.25, 0.3) is 0 Å². The summed E-state index contributed by atoms with van der Waals surface area (Å²) in [6.45, 7) is 20.3. The minimum Gasteiger partial charge on any atom is -0.465 e. The van der Waals surface area contributed by atoms with Gasteiger partial charge < -0.3 is 19.3 Å². The Hall–Kier alpha value is 0.260. The summed E-state index contributed by atoms with van der Waals surface area (Å²) < 4.78 is 10.8. The molecule has 244 valence electrons. The van der Waals surface area contributed by atoms with Crippen LogP contribution in [-0.2, 0) is 19.1 Å². The summed E-state index contributed by atoms with van der Waals surface area (Å²) in [6, 6.07) is 0. The summed E-state index contributed by atoms with van der Waals surface area (Å²) in [4.78, 5) is 28.5. The van der Waals surface area contributed by atoms with Gasteiger partial charge in [-0.15, -0.1) is 0 Å². The van der Waals surface area contributed by atoms with Gasteiger partial charge in [0.1, 0.15) is 13.2 Å². The Morgan fingerprint density at radius 1 is 0.732 bits per heavy atom. The molecule has 0 spiro atoms. The molecule has 0 aliphatic carbocycles. The molecule has 0 aliphatic rings. The van der Waals surface area contributed by atoms with Gasteiger partial charge in [0.15, 0.2) is 0 Å². The van der Waals surface area contributed by atoms with Crippen LogP contribution in [0.1, 0.15) is 93.4 Å².